The van der Waals surface area contributed by atoms with Crippen LogP contribution in [-0.4, -0.2) is 28.4 Å². The summed E-state index contributed by atoms with van der Waals surface area (Å²) in [4.78, 5) is 15.0. The first kappa shape index (κ1) is 14.3. The Bertz CT molecular complexity index is 606. The molecule has 1 aromatic carbocycles. The third-order valence-corrected chi connectivity index (χ3v) is 3.39. The van der Waals surface area contributed by atoms with Crippen molar-refractivity contribution in [3.8, 4) is 5.75 Å². The number of aromatic carboxylic acids is 1. The molecule has 20 heavy (non-hydrogen) atoms. The summed E-state index contributed by atoms with van der Waals surface area (Å²) < 4.78 is 18.6. The van der Waals surface area contributed by atoms with Crippen LogP contribution in [0, 0.1) is 5.82 Å². The Balaban J connectivity index is 1.88. The van der Waals surface area contributed by atoms with Gasteiger partial charge >= 0.3 is 5.97 Å². The smallest absolute Gasteiger partial charge is 0.338 e. The normalized spacial score (nSPS) is 10.2. The molecule has 0 atom stereocenters. The maximum absolute atomic E-state index is 13.3. The quantitative estimate of drug-likeness (QED) is 0.655. The molecule has 1 heterocycles. The van der Waals surface area contributed by atoms with Crippen molar-refractivity contribution in [3.63, 3.8) is 0 Å². The van der Waals surface area contributed by atoms with E-state index in [1.54, 1.807) is 24.3 Å². The summed E-state index contributed by atoms with van der Waals surface area (Å²) >= 11 is 1.26. The number of halogens is 1. The van der Waals surface area contributed by atoms with Crippen molar-refractivity contribution in [1.29, 1.82) is 0 Å². The van der Waals surface area contributed by atoms with Crippen LogP contribution in [0.3, 0.4) is 0 Å². The second-order valence-corrected chi connectivity index (χ2v) is 4.87. The maximum Gasteiger partial charge on any atom is 0.338 e. The Morgan fingerprint density at radius 2 is 2.10 bits per heavy atom. The van der Waals surface area contributed by atoms with E-state index in [9.17, 15) is 9.18 Å². The van der Waals surface area contributed by atoms with Gasteiger partial charge in [-0.3, -0.25) is 0 Å². The summed E-state index contributed by atoms with van der Waals surface area (Å²) in [6.45, 7) is 0.265. The fourth-order valence-corrected chi connectivity index (χ4v) is 2.33. The largest absolute Gasteiger partial charge is 0.490 e. The molecule has 4 nitrogen and oxygen atoms in total. The molecule has 104 valence electrons. The zero-order valence-electron chi connectivity index (χ0n) is 10.5. The molecule has 0 aliphatic heterocycles. The SMILES string of the molecule is O=C(O)c1cccnc1SCCOc1ccccc1F. The van der Waals surface area contributed by atoms with E-state index in [4.69, 9.17) is 9.84 Å². The maximum atomic E-state index is 13.3. The van der Waals surface area contributed by atoms with Gasteiger partial charge in [0.2, 0.25) is 0 Å². The molecule has 0 aliphatic carbocycles. The number of hydrogen-bond donors (Lipinski definition) is 1. The number of hydrogen-bond acceptors (Lipinski definition) is 4. The summed E-state index contributed by atoms with van der Waals surface area (Å²) in [5, 5.41) is 9.43. The van der Waals surface area contributed by atoms with Gasteiger partial charge in [0.25, 0.3) is 0 Å². The van der Waals surface area contributed by atoms with Crippen molar-refractivity contribution >= 4 is 17.7 Å². The van der Waals surface area contributed by atoms with E-state index in [0.717, 1.165) is 0 Å². The number of carboxylic acid groups (broad SMARTS) is 1. The predicted molar refractivity (Wildman–Crippen MR) is 73.8 cm³/mol. The summed E-state index contributed by atoms with van der Waals surface area (Å²) in [7, 11) is 0. The van der Waals surface area contributed by atoms with Crippen LogP contribution in [0.25, 0.3) is 0 Å². The lowest BCUT2D eigenvalue weighted by Gasteiger charge is -2.07. The molecule has 0 saturated carbocycles. The lowest BCUT2D eigenvalue weighted by molar-refractivity contribution is 0.0692. The second kappa shape index (κ2) is 6.91. The Morgan fingerprint density at radius 3 is 2.85 bits per heavy atom. The minimum Gasteiger partial charge on any atom is -0.490 e. The van der Waals surface area contributed by atoms with Crippen LogP contribution < -0.4 is 4.74 Å². The minimum atomic E-state index is -1.02. The third kappa shape index (κ3) is 3.71. The number of carboxylic acids is 1. The average molecular weight is 293 g/mol. The molecule has 0 aliphatic rings. The predicted octanol–water partition coefficient (Wildman–Crippen LogP) is 3.09. The van der Waals surface area contributed by atoms with E-state index in [-0.39, 0.29) is 17.9 Å². The topological polar surface area (TPSA) is 59.4 Å². The molecule has 0 spiro atoms. The van der Waals surface area contributed by atoms with Crippen molar-refractivity contribution in [2.75, 3.05) is 12.4 Å². The molecule has 0 radical (unpaired) electrons. The number of nitrogens with zero attached hydrogens (tertiary/aromatic N) is 1. The highest BCUT2D eigenvalue weighted by Gasteiger charge is 2.10. The van der Waals surface area contributed by atoms with Gasteiger partial charge in [0.05, 0.1) is 12.2 Å². The summed E-state index contributed by atoms with van der Waals surface area (Å²) in [6, 6.07) is 9.21. The van der Waals surface area contributed by atoms with E-state index >= 15 is 0 Å². The number of thioether (sulfide) groups is 1. The fraction of sp³-hybridized carbons (Fsp3) is 0.143. The van der Waals surface area contributed by atoms with Crippen molar-refractivity contribution in [1.82, 2.24) is 4.98 Å². The highest BCUT2D eigenvalue weighted by atomic mass is 32.2. The van der Waals surface area contributed by atoms with Gasteiger partial charge in [-0.15, -0.1) is 11.8 Å². The van der Waals surface area contributed by atoms with Crippen molar-refractivity contribution in [3.05, 3.63) is 54.0 Å². The van der Waals surface area contributed by atoms with Crippen LogP contribution in [-0.2, 0) is 0 Å². The highest BCUT2D eigenvalue weighted by Crippen LogP contribution is 2.21. The molecule has 1 N–H and O–H groups in total. The first-order valence-electron chi connectivity index (χ1n) is 5.87. The van der Waals surface area contributed by atoms with E-state index in [1.807, 2.05) is 0 Å². The molecule has 0 unspecified atom stereocenters. The minimum absolute atomic E-state index is 0.156. The van der Waals surface area contributed by atoms with Gasteiger partial charge in [0, 0.05) is 11.9 Å². The van der Waals surface area contributed by atoms with Crippen LogP contribution in [0.15, 0.2) is 47.6 Å². The van der Waals surface area contributed by atoms with Crippen LogP contribution in [0.1, 0.15) is 10.4 Å². The molecule has 1 aromatic heterocycles. The molecule has 0 fully saturated rings. The Hall–Kier alpha value is -2.08. The number of ether oxygens (including phenoxy) is 1. The molecular formula is C14H12FNO3S. The van der Waals surface area contributed by atoms with Crippen molar-refractivity contribution in [2.24, 2.45) is 0 Å². The Kier molecular flexibility index (Phi) is 4.95. The molecule has 2 aromatic rings. The van der Waals surface area contributed by atoms with E-state index in [1.165, 1.54) is 30.1 Å². The van der Waals surface area contributed by atoms with E-state index < -0.39 is 11.8 Å². The van der Waals surface area contributed by atoms with Gasteiger partial charge in [0.1, 0.15) is 5.03 Å². The lowest BCUT2D eigenvalue weighted by atomic mass is 10.3. The molecule has 0 amide bonds. The van der Waals surface area contributed by atoms with Gasteiger partial charge in [0.15, 0.2) is 11.6 Å². The number of pyridine rings is 1. The molecule has 6 heteroatoms. The van der Waals surface area contributed by atoms with E-state index in [2.05, 4.69) is 4.98 Å². The van der Waals surface area contributed by atoms with Gasteiger partial charge < -0.3 is 9.84 Å². The number of benzene rings is 1. The average Bonchev–Trinajstić information content (AvgIpc) is 2.45. The van der Waals surface area contributed by atoms with Crippen molar-refractivity contribution in [2.45, 2.75) is 5.03 Å². The standard InChI is InChI=1S/C14H12FNO3S/c15-11-5-1-2-6-12(11)19-8-9-20-13-10(14(17)18)4-3-7-16-13/h1-7H,8-9H2,(H,17,18). The van der Waals surface area contributed by atoms with Crippen LogP contribution in [0.2, 0.25) is 0 Å². The van der Waals surface area contributed by atoms with Gasteiger partial charge in [-0.2, -0.15) is 0 Å². The summed E-state index contributed by atoms with van der Waals surface area (Å²) in [5.41, 5.74) is 0.156. The number of aromatic nitrogens is 1. The molecular weight excluding hydrogens is 281 g/mol. The van der Waals surface area contributed by atoms with Gasteiger partial charge in [-0.1, -0.05) is 12.1 Å². The fourth-order valence-electron chi connectivity index (χ4n) is 1.52. The summed E-state index contributed by atoms with van der Waals surface area (Å²) in [6.07, 6.45) is 1.53. The molecule has 0 bridgehead atoms. The molecule has 0 saturated heterocycles. The van der Waals surface area contributed by atoms with Gasteiger partial charge in [-0.25, -0.2) is 14.2 Å². The second-order valence-electron chi connectivity index (χ2n) is 3.79. The first-order chi connectivity index (χ1) is 9.68. The number of para-hydroxylation sites is 1. The highest BCUT2D eigenvalue weighted by molar-refractivity contribution is 7.99. The monoisotopic (exact) mass is 293 g/mol. The van der Waals surface area contributed by atoms with E-state index in [0.29, 0.717) is 10.8 Å². The third-order valence-electron chi connectivity index (χ3n) is 2.42. The van der Waals surface area contributed by atoms with Gasteiger partial charge in [-0.05, 0) is 24.3 Å². The first-order valence-corrected chi connectivity index (χ1v) is 6.85. The zero-order valence-corrected chi connectivity index (χ0v) is 11.3. The number of carbonyl (C=O) groups is 1. The molecule has 2 rings (SSSR count). The zero-order chi connectivity index (χ0) is 14.4. The lowest BCUT2D eigenvalue weighted by Crippen LogP contribution is -2.04. The van der Waals surface area contributed by atoms with Crippen LogP contribution >= 0.6 is 11.8 Å². The van der Waals surface area contributed by atoms with Crippen LogP contribution in [0.4, 0.5) is 4.39 Å². The summed E-state index contributed by atoms with van der Waals surface area (Å²) in [5.74, 6) is -0.768. The Morgan fingerprint density at radius 1 is 1.30 bits per heavy atom. The van der Waals surface area contributed by atoms with Crippen molar-refractivity contribution < 1.29 is 19.0 Å². The number of rotatable bonds is 6. The van der Waals surface area contributed by atoms with Crippen LogP contribution in [0.5, 0.6) is 5.75 Å². The Labute approximate surface area is 119 Å².